The van der Waals surface area contributed by atoms with Crippen molar-refractivity contribution in [2.24, 2.45) is 0 Å². The number of halogens is 3. The summed E-state index contributed by atoms with van der Waals surface area (Å²) in [6.07, 6.45) is 2.09. The lowest BCUT2D eigenvalue weighted by Crippen LogP contribution is -2.47. The van der Waals surface area contributed by atoms with Crippen LogP contribution in [0.1, 0.15) is 15.9 Å². The first-order valence-corrected chi connectivity index (χ1v) is 13.0. The number of nitrogens with zero attached hydrogens (tertiary/aromatic N) is 1. The van der Waals surface area contributed by atoms with Gasteiger partial charge in [0.15, 0.2) is 0 Å². The Balaban J connectivity index is 1.50. The van der Waals surface area contributed by atoms with Gasteiger partial charge in [-0.05, 0) is 40.6 Å². The number of nitrogens with one attached hydrogen (secondary N) is 1. The number of amides is 2. The van der Waals surface area contributed by atoms with Crippen LogP contribution in [0.4, 0.5) is 0 Å². The number of hydrogen-bond donors (Lipinski definition) is 1. The van der Waals surface area contributed by atoms with Crippen molar-refractivity contribution in [1.29, 1.82) is 0 Å². The third-order valence-corrected chi connectivity index (χ3v) is 7.18. The summed E-state index contributed by atoms with van der Waals surface area (Å²) in [7, 11) is 0. The lowest BCUT2D eigenvalue weighted by Gasteiger charge is -2.26. The number of rotatable bonds is 7. The zero-order valence-electron chi connectivity index (χ0n) is 18.6. The van der Waals surface area contributed by atoms with E-state index >= 15 is 0 Å². The molecule has 0 radical (unpaired) electrons. The topological polar surface area (TPSA) is 58.6 Å². The van der Waals surface area contributed by atoms with E-state index in [1.807, 2.05) is 30.3 Å². The van der Waals surface area contributed by atoms with Gasteiger partial charge in [0.05, 0.1) is 4.91 Å². The Kier molecular flexibility index (Phi) is 8.27. The van der Waals surface area contributed by atoms with Gasteiger partial charge >= 0.3 is 0 Å². The number of hydrogen-bond acceptors (Lipinski definition) is 5. The fourth-order valence-electron chi connectivity index (χ4n) is 3.51. The Morgan fingerprint density at radius 3 is 2.50 bits per heavy atom. The number of alkyl halides is 3. The van der Waals surface area contributed by atoms with E-state index in [9.17, 15) is 9.59 Å². The third kappa shape index (κ3) is 6.05. The van der Waals surface area contributed by atoms with Crippen molar-refractivity contribution < 1.29 is 14.3 Å². The summed E-state index contributed by atoms with van der Waals surface area (Å²) in [4.78, 5) is 27.6. The third-order valence-electron chi connectivity index (χ3n) is 5.21. The normalized spacial score (nSPS) is 15.9. The highest BCUT2D eigenvalue weighted by Gasteiger charge is 2.37. The quantitative estimate of drug-likeness (QED) is 0.111. The van der Waals surface area contributed by atoms with E-state index in [0.717, 1.165) is 16.3 Å². The summed E-state index contributed by atoms with van der Waals surface area (Å²) in [6, 6.07) is 19.7. The molecule has 5 nitrogen and oxygen atoms in total. The fourth-order valence-corrected chi connectivity index (χ4v) is 5.09. The SMILES string of the molecule is C=CCN1C(=O)/C(=C/c2ccc(OC(NC(=O)c3cccc4ccccc34)C(Cl)(Cl)Cl)cc2)SC1=S. The van der Waals surface area contributed by atoms with E-state index in [4.69, 9.17) is 51.8 Å². The summed E-state index contributed by atoms with van der Waals surface area (Å²) in [5.74, 6) is -0.250. The Morgan fingerprint density at radius 1 is 1.11 bits per heavy atom. The Hall–Kier alpha value is -2.55. The number of benzene rings is 3. The van der Waals surface area contributed by atoms with E-state index in [1.165, 1.54) is 16.7 Å². The molecule has 1 saturated heterocycles. The number of carbonyl (C=O) groups is 2. The standard InChI is InChI=1S/C26H19Cl3N2O3S2/c1-2-14-31-23(33)21(36-25(31)35)15-16-10-12-18(13-11-16)34-24(26(27,28)29)30-22(32)20-9-5-7-17-6-3-4-8-19(17)20/h2-13,15,24H,1,14H2,(H,30,32)/b21-15-. The van der Waals surface area contributed by atoms with Crippen LogP contribution in [0.25, 0.3) is 16.8 Å². The lowest BCUT2D eigenvalue weighted by atomic mass is 10.0. The van der Waals surface area contributed by atoms with E-state index in [0.29, 0.717) is 27.1 Å². The molecular formula is C26H19Cl3N2O3S2. The minimum absolute atomic E-state index is 0.169. The van der Waals surface area contributed by atoms with Gasteiger partial charge in [-0.2, -0.15) is 0 Å². The zero-order valence-corrected chi connectivity index (χ0v) is 22.5. The molecule has 0 bridgehead atoms. The first kappa shape index (κ1) is 26.5. The number of ether oxygens (including phenoxy) is 1. The fraction of sp³-hybridized carbons (Fsp3) is 0.115. The van der Waals surface area contributed by atoms with Crippen molar-refractivity contribution in [2.75, 3.05) is 6.54 Å². The van der Waals surface area contributed by atoms with Gasteiger partial charge in [0.25, 0.3) is 11.8 Å². The van der Waals surface area contributed by atoms with Crippen molar-refractivity contribution >= 4 is 91.8 Å². The Labute approximate surface area is 233 Å². The molecule has 36 heavy (non-hydrogen) atoms. The molecule has 1 aliphatic heterocycles. The first-order valence-electron chi connectivity index (χ1n) is 10.7. The molecule has 1 aliphatic rings. The lowest BCUT2D eigenvalue weighted by molar-refractivity contribution is -0.121. The maximum atomic E-state index is 13.1. The van der Waals surface area contributed by atoms with Gasteiger partial charge in [-0.1, -0.05) is 113 Å². The molecule has 4 rings (SSSR count). The molecule has 1 N–H and O–H groups in total. The largest absolute Gasteiger partial charge is 0.466 e. The predicted molar refractivity (Wildman–Crippen MR) is 153 cm³/mol. The predicted octanol–water partition coefficient (Wildman–Crippen LogP) is 6.73. The van der Waals surface area contributed by atoms with Crippen LogP contribution < -0.4 is 10.1 Å². The average Bonchev–Trinajstić information content (AvgIpc) is 3.11. The van der Waals surface area contributed by atoms with Crippen LogP contribution in [0.5, 0.6) is 5.75 Å². The maximum Gasteiger partial charge on any atom is 0.266 e. The molecule has 1 unspecified atom stereocenters. The first-order chi connectivity index (χ1) is 17.2. The van der Waals surface area contributed by atoms with Crippen LogP contribution in [-0.4, -0.2) is 37.6 Å². The average molecular weight is 578 g/mol. The molecular weight excluding hydrogens is 559 g/mol. The van der Waals surface area contributed by atoms with E-state index in [1.54, 1.807) is 48.6 Å². The highest BCUT2D eigenvalue weighted by Crippen LogP contribution is 2.34. The van der Waals surface area contributed by atoms with Crippen LogP contribution in [0.3, 0.4) is 0 Å². The van der Waals surface area contributed by atoms with E-state index in [-0.39, 0.29) is 5.91 Å². The summed E-state index contributed by atoms with van der Waals surface area (Å²) < 4.78 is 4.37. The summed E-state index contributed by atoms with van der Waals surface area (Å²) >= 11 is 24.9. The second-order valence-electron chi connectivity index (χ2n) is 7.69. The number of thiocarbonyl (C=S) groups is 1. The van der Waals surface area contributed by atoms with Crippen LogP contribution in [-0.2, 0) is 4.79 Å². The highest BCUT2D eigenvalue weighted by molar-refractivity contribution is 8.26. The van der Waals surface area contributed by atoms with Crippen molar-refractivity contribution in [2.45, 2.75) is 10.0 Å². The summed E-state index contributed by atoms with van der Waals surface area (Å²) in [6.45, 7) is 4.01. The van der Waals surface area contributed by atoms with Gasteiger partial charge in [-0.15, -0.1) is 6.58 Å². The smallest absolute Gasteiger partial charge is 0.266 e. The summed E-state index contributed by atoms with van der Waals surface area (Å²) in [5.41, 5.74) is 1.19. The van der Waals surface area contributed by atoms with Gasteiger partial charge in [0.2, 0.25) is 10.0 Å². The van der Waals surface area contributed by atoms with Gasteiger partial charge < -0.3 is 10.1 Å². The highest BCUT2D eigenvalue weighted by atomic mass is 35.6. The molecule has 10 heteroatoms. The Bertz CT molecular complexity index is 1370. The van der Waals surface area contributed by atoms with Gasteiger partial charge in [-0.25, -0.2) is 0 Å². The second-order valence-corrected chi connectivity index (χ2v) is 11.7. The molecule has 184 valence electrons. The van der Waals surface area contributed by atoms with Crippen molar-refractivity contribution in [1.82, 2.24) is 10.2 Å². The molecule has 0 saturated carbocycles. The monoisotopic (exact) mass is 576 g/mol. The second kappa shape index (κ2) is 11.2. The minimum atomic E-state index is -1.95. The molecule has 3 aromatic rings. The van der Waals surface area contributed by atoms with Crippen LogP contribution in [0.2, 0.25) is 0 Å². The van der Waals surface area contributed by atoms with Crippen LogP contribution in [0.15, 0.2) is 84.3 Å². The zero-order chi connectivity index (χ0) is 25.9. The molecule has 1 atom stereocenters. The molecule has 3 aromatic carbocycles. The number of carbonyl (C=O) groups excluding carboxylic acids is 2. The van der Waals surface area contributed by atoms with Crippen LogP contribution in [0, 0.1) is 0 Å². The summed E-state index contributed by atoms with van der Waals surface area (Å²) in [5, 5.41) is 4.35. The molecule has 1 fully saturated rings. The van der Waals surface area contributed by atoms with Crippen molar-refractivity contribution in [3.8, 4) is 5.75 Å². The van der Waals surface area contributed by atoms with E-state index < -0.39 is 15.9 Å². The van der Waals surface area contributed by atoms with Crippen molar-refractivity contribution in [3.63, 3.8) is 0 Å². The Morgan fingerprint density at radius 2 is 1.81 bits per heavy atom. The molecule has 2 amide bonds. The van der Waals surface area contributed by atoms with Gasteiger partial charge in [0, 0.05) is 12.1 Å². The molecule has 0 spiro atoms. The minimum Gasteiger partial charge on any atom is -0.466 e. The van der Waals surface area contributed by atoms with Gasteiger partial charge in [-0.3, -0.25) is 14.5 Å². The van der Waals surface area contributed by atoms with Crippen LogP contribution >= 0.6 is 58.8 Å². The number of fused-ring (bicyclic) bond motifs is 1. The number of thioether (sulfide) groups is 1. The van der Waals surface area contributed by atoms with Gasteiger partial charge in [0.1, 0.15) is 10.1 Å². The maximum absolute atomic E-state index is 13.1. The van der Waals surface area contributed by atoms with E-state index in [2.05, 4.69) is 11.9 Å². The molecule has 1 heterocycles. The molecule has 0 aromatic heterocycles. The van der Waals surface area contributed by atoms with Crippen molar-refractivity contribution in [3.05, 3.63) is 95.4 Å². The molecule has 0 aliphatic carbocycles.